The van der Waals surface area contributed by atoms with Crippen molar-refractivity contribution in [1.29, 1.82) is 5.41 Å². The predicted molar refractivity (Wildman–Crippen MR) is 122 cm³/mol. The molecule has 1 N–H and O–H groups in total. The minimum Gasteiger partial charge on any atom is -0.486 e. The number of rotatable bonds is 4. The van der Waals surface area contributed by atoms with E-state index in [9.17, 15) is 13.2 Å². The average Bonchev–Trinajstić information content (AvgIpc) is 3.18. The van der Waals surface area contributed by atoms with Crippen molar-refractivity contribution in [2.24, 2.45) is 10.1 Å². The first-order valence-corrected chi connectivity index (χ1v) is 11.9. The molecule has 8 nitrogen and oxygen atoms in total. The Morgan fingerprint density at radius 1 is 1.13 bits per heavy atom. The van der Waals surface area contributed by atoms with E-state index in [1.165, 1.54) is 6.08 Å². The lowest BCUT2D eigenvalue weighted by Crippen LogP contribution is -2.35. The summed E-state index contributed by atoms with van der Waals surface area (Å²) in [5.74, 6) is -0.173. The van der Waals surface area contributed by atoms with Gasteiger partial charge < -0.3 is 4.74 Å². The van der Waals surface area contributed by atoms with Crippen LogP contribution in [0, 0.1) is 5.41 Å². The van der Waals surface area contributed by atoms with Crippen LogP contribution in [0.2, 0.25) is 0 Å². The molecule has 2 aliphatic heterocycles. The van der Waals surface area contributed by atoms with Crippen molar-refractivity contribution >= 4 is 49.0 Å². The Kier molecular flexibility index (Phi) is 5.50. The van der Waals surface area contributed by atoms with E-state index < -0.39 is 15.7 Å². The number of hydrogen-bond donors (Lipinski definition) is 1. The highest BCUT2D eigenvalue weighted by molar-refractivity contribution is 8.42. The van der Waals surface area contributed by atoms with E-state index in [-0.39, 0.29) is 27.1 Å². The van der Waals surface area contributed by atoms with E-state index in [1.54, 1.807) is 24.3 Å². The fourth-order valence-corrected chi connectivity index (χ4v) is 4.61. The molecule has 0 bridgehead atoms. The maximum Gasteiger partial charge on any atom is 0.283 e. The van der Waals surface area contributed by atoms with E-state index in [1.807, 2.05) is 37.3 Å². The van der Waals surface area contributed by atoms with Crippen LogP contribution in [-0.4, -0.2) is 41.0 Å². The molecule has 1 atom stereocenters. The van der Waals surface area contributed by atoms with E-state index in [0.29, 0.717) is 11.3 Å². The number of sulfone groups is 1. The Balaban J connectivity index is 1.53. The highest BCUT2D eigenvalue weighted by Crippen LogP contribution is 2.30. The van der Waals surface area contributed by atoms with Crippen molar-refractivity contribution in [1.82, 2.24) is 5.01 Å². The summed E-state index contributed by atoms with van der Waals surface area (Å²) < 4.78 is 29.2. The van der Waals surface area contributed by atoms with Crippen molar-refractivity contribution in [2.75, 3.05) is 6.26 Å². The zero-order valence-corrected chi connectivity index (χ0v) is 18.3. The quantitative estimate of drug-likeness (QED) is 0.708. The molecule has 0 aliphatic carbocycles. The van der Waals surface area contributed by atoms with Gasteiger partial charge in [-0.25, -0.2) is 8.42 Å². The average molecular weight is 455 g/mol. The number of hydrazone groups is 1. The number of amides is 1. The van der Waals surface area contributed by atoms with Gasteiger partial charge in [0.1, 0.15) is 11.9 Å². The van der Waals surface area contributed by atoms with Crippen LogP contribution in [0.15, 0.2) is 70.3 Å². The Labute approximate surface area is 183 Å². The van der Waals surface area contributed by atoms with Gasteiger partial charge in [0.15, 0.2) is 5.84 Å². The van der Waals surface area contributed by atoms with E-state index >= 15 is 0 Å². The second kappa shape index (κ2) is 8.12. The molecule has 0 saturated heterocycles. The van der Waals surface area contributed by atoms with Crippen molar-refractivity contribution in [3.8, 4) is 5.75 Å². The largest absolute Gasteiger partial charge is 0.486 e. The van der Waals surface area contributed by atoms with Crippen LogP contribution in [0.5, 0.6) is 5.75 Å². The van der Waals surface area contributed by atoms with Crippen molar-refractivity contribution < 1.29 is 17.9 Å². The summed E-state index contributed by atoms with van der Waals surface area (Å²) in [6.07, 6.45) is 2.41. The highest BCUT2D eigenvalue weighted by Gasteiger charge is 2.38. The molecule has 2 heterocycles. The third-order valence-corrected chi connectivity index (χ3v) is 7.10. The Hall–Kier alpha value is -3.24. The molecule has 0 radical (unpaired) electrons. The normalized spacial score (nSPS) is 18.5. The van der Waals surface area contributed by atoms with Crippen molar-refractivity contribution in [2.45, 2.75) is 13.0 Å². The lowest BCUT2D eigenvalue weighted by Gasteiger charge is -2.20. The predicted octanol–water partition coefficient (Wildman–Crippen LogP) is 3.45. The second-order valence-corrected chi connectivity index (χ2v) is 10.0. The highest BCUT2D eigenvalue weighted by atomic mass is 32.3. The molecule has 2 aliphatic rings. The molecule has 31 heavy (non-hydrogen) atoms. The summed E-state index contributed by atoms with van der Waals surface area (Å²) in [7, 11) is -3.56. The summed E-state index contributed by atoms with van der Waals surface area (Å²) in [4.78, 5) is 16.3. The van der Waals surface area contributed by atoms with Crippen LogP contribution in [0.4, 0.5) is 0 Å². The van der Waals surface area contributed by atoms with Gasteiger partial charge in [-0.1, -0.05) is 42.5 Å². The van der Waals surface area contributed by atoms with Gasteiger partial charge in [0.2, 0.25) is 19.4 Å². The van der Waals surface area contributed by atoms with E-state index in [2.05, 4.69) is 10.1 Å². The third kappa shape index (κ3) is 4.44. The molecule has 1 amide bonds. The van der Waals surface area contributed by atoms with Crippen molar-refractivity contribution in [3.05, 3.63) is 71.3 Å². The number of carbonyl (C=O) groups excluding carboxylic acids is 1. The summed E-state index contributed by atoms with van der Waals surface area (Å²) in [5, 5.41) is 13.3. The molecule has 0 aromatic heterocycles. The van der Waals surface area contributed by atoms with Gasteiger partial charge >= 0.3 is 0 Å². The standard InChI is InChI=1S/C21H18N4O4S2/c1-13(15-6-4-3-5-7-15)29-16-10-8-14(9-11-16)12-17-18(22)25-20(23-19(17)26)30-21(24-25)31(2,27)28/h3-13,22H,1-2H3/b17-12+,22-18?/t13-/m0/s1. The van der Waals surface area contributed by atoms with Crippen molar-refractivity contribution in [3.63, 3.8) is 0 Å². The van der Waals surface area contributed by atoms with Crippen LogP contribution >= 0.6 is 11.8 Å². The van der Waals surface area contributed by atoms with Gasteiger partial charge in [0, 0.05) is 6.26 Å². The molecule has 0 unspecified atom stereocenters. The second-order valence-electron chi connectivity index (χ2n) is 6.90. The van der Waals surface area contributed by atoms with Crippen LogP contribution in [0.3, 0.4) is 0 Å². The number of carbonyl (C=O) groups is 1. The lowest BCUT2D eigenvalue weighted by atomic mass is 10.1. The molecule has 158 valence electrons. The van der Waals surface area contributed by atoms with Gasteiger partial charge in [0.05, 0.1) is 5.57 Å². The number of aliphatic imine (C=N–C) groups is 1. The molecular formula is C21H18N4O4S2. The summed E-state index contributed by atoms with van der Waals surface area (Å²) in [6, 6.07) is 16.9. The molecular weight excluding hydrogens is 436 g/mol. The number of fused-ring (bicyclic) bond motifs is 1. The van der Waals surface area contributed by atoms with Gasteiger partial charge in [-0.2, -0.15) is 10.0 Å². The summed E-state index contributed by atoms with van der Waals surface area (Å²) in [5.41, 5.74) is 1.75. The number of benzene rings is 2. The number of nitrogens with one attached hydrogen (secondary N) is 1. The van der Waals surface area contributed by atoms with Gasteiger partial charge in [-0.05, 0) is 48.0 Å². The number of ether oxygens (including phenoxy) is 1. The molecule has 2 aromatic carbocycles. The van der Waals surface area contributed by atoms with E-state index in [4.69, 9.17) is 10.1 Å². The topological polar surface area (TPSA) is 112 Å². The van der Waals surface area contributed by atoms with Gasteiger partial charge in [-0.3, -0.25) is 10.2 Å². The van der Waals surface area contributed by atoms with E-state index in [0.717, 1.165) is 28.6 Å². The minimum absolute atomic E-state index is 0.0224. The SMILES string of the molecule is C[C@H](Oc1ccc(/C=C2\C(=N)N3N=C(S(C)(=O)=O)SC3=NC2=O)cc1)c1ccccc1. The smallest absolute Gasteiger partial charge is 0.283 e. The zero-order chi connectivity index (χ0) is 22.2. The molecule has 4 rings (SSSR count). The molecule has 2 aromatic rings. The number of amidine groups is 2. The maximum absolute atomic E-state index is 12.4. The monoisotopic (exact) mass is 454 g/mol. The van der Waals surface area contributed by atoms with Crippen LogP contribution in [0.1, 0.15) is 24.2 Å². The molecule has 0 spiro atoms. The Bertz CT molecular complexity index is 1250. The summed E-state index contributed by atoms with van der Waals surface area (Å²) >= 11 is 0.756. The Morgan fingerprint density at radius 2 is 1.81 bits per heavy atom. The maximum atomic E-state index is 12.4. The van der Waals surface area contributed by atoms with Gasteiger partial charge in [0.25, 0.3) is 5.91 Å². The Morgan fingerprint density at radius 3 is 2.45 bits per heavy atom. The third-order valence-electron chi connectivity index (χ3n) is 4.53. The first-order valence-electron chi connectivity index (χ1n) is 9.24. The van der Waals surface area contributed by atoms with Crippen LogP contribution in [-0.2, 0) is 14.6 Å². The summed E-state index contributed by atoms with van der Waals surface area (Å²) in [6.45, 7) is 1.96. The zero-order valence-electron chi connectivity index (χ0n) is 16.6. The minimum atomic E-state index is -3.56. The first-order chi connectivity index (χ1) is 14.7. The lowest BCUT2D eigenvalue weighted by molar-refractivity contribution is -0.114. The number of hydrogen-bond acceptors (Lipinski definition) is 7. The molecule has 0 fully saturated rings. The van der Waals surface area contributed by atoms with Crippen LogP contribution < -0.4 is 4.74 Å². The number of nitrogens with zero attached hydrogens (tertiary/aromatic N) is 3. The fourth-order valence-electron chi connectivity index (χ4n) is 2.93. The fraction of sp³-hybridized carbons (Fsp3) is 0.143. The van der Waals surface area contributed by atoms with Crippen LogP contribution in [0.25, 0.3) is 6.08 Å². The first kappa shape index (κ1) is 21.0. The molecule has 10 heteroatoms. The van der Waals surface area contributed by atoms with Gasteiger partial charge in [-0.15, -0.1) is 5.10 Å². The number of thioether (sulfide) groups is 1. The molecule has 0 saturated carbocycles.